The fourth-order valence-corrected chi connectivity index (χ4v) is 2.93. The van der Waals surface area contributed by atoms with Gasteiger partial charge in [0.2, 0.25) is 0 Å². The molecule has 1 aliphatic rings. The number of fused-ring (bicyclic) bond motifs is 1. The van der Waals surface area contributed by atoms with Crippen molar-refractivity contribution >= 4 is 10.9 Å². The van der Waals surface area contributed by atoms with Gasteiger partial charge in [-0.1, -0.05) is 31.0 Å². The van der Waals surface area contributed by atoms with Crippen molar-refractivity contribution in [3.63, 3.8) is 0 Å². The Morgan fingerprint density at radius 3 is 2.89 bits per heavy atom. The Bertz CT molecular complexity index is 524. The summed E-state index contributed by atoms with van der Waals surface area (Å²) in [6.07, 6.45) is 5.41. The van der Waals surface area contributed by atoms with E-state index in [1.54, 1.807) is 0 Å². The number of nitrogens with two attached hydrogens (primary N) is 1. The molecule has 1 aliphatic carbocycles. The highest BCUT2D eigenvalue weighted by atomic mass is 14.9. The first-order valence-electron chi connectivity index (χ1n) is 6.90. The Balaban J connectivity index is 1.76. The van der Waals surface area contributed by atoms with Gasteiger partial charge in [0, 0.05) is 30.2 Å². The summed E-state index contributed by atoms with van der Waals surface area (Å²) in [7, 11) is 0. The van der Waals surface area contributed by atoms with E-state index < -0.39 is 0 Å². The fraction of sp³-hybridized carbons (Fsp3) is 0.467. The van der Waals surface area contributed by atoms with Crippen LogP contribution < -0.4 is 11.1 Å². The van der Waals surface area contributed by atoms with Crippen molar-refractivity contribution in [3.05, 3.63) is 35.5 Å². The molecule has 0 amide bonds. The van der Waals surface area contributed by atoms with Crippen LogP contribution in [0, 0.1) is 0 Å². The third-order valence-electron chi connectivity index (χ3n) is 3.95. The van der Waals surface area contributed by atoms with Crippen LogP contribution in [0.25, 0.3) is 10.9 Å². The summed E-state index contributed by atoms with van der Waals surface area (Å²) in [6.45, 7) is 1.52. The molecule has 96 valence electrons. The van der Waals surface area contributed by atoms with Crippen LogP contribution in [-0.4, -0.2) is 11.0 Å². The Kier molecular flexibility index (Phi) is 3.35. The Hall–Kier alpha value is -1.32. The summed E-state index contributed by atoms with van der Waals surface area (Å²) in [5, 5.41) is 4.90. The molecule has 1 saturated carbocycles. The normalized spacial score (nSPS) is 16.7. The van der Waals surface area contributed by atoms with Gasteiger partial charge < -0.3 is 16.0 Å². The molecule has 0 spiro atoms. The maximum atomic E-state index is 5.76. The molecule has 0 atom stereocenters. The summed E-state index contributed by atoms with van der Waals surface area (Å²) in [6, 6.07) is 9.26. The van der Waals surface area contributed by atoms with Gasteiger partial charge in [0.1, 0.15) is 0 Å². The van der Waals surface area contributed by atoms with Crippen molar-refractivity contribution in [1.82, 2.24) is 10.3 Å². The Morgan fingerprint density at radius 1 is 1.28 bits per heavy atom. The van der Waals surface area contributed by atoms with E-state index in [1.807, 2.05) is 0 Å². The summed E-state index contributed by atoms with van der Waals surface area (Å²) in [5.74, 6) is 0. The van der Waals surface area contributed by atoms with Gasteiger partial charge in [-0.2, -0.15) is 0 Å². The molecule has 0 aliphatic heterocycles. The first-order chi connectivity index (χ1) is 8.86. The number of hydrogen-bond donors (Lipinski definition) is 3. The van der Waals surface area contributed by atoms with Crippen LogP contribution in [0.2, 0.25) is 0 Å². The number of aromatic amines is 1. The zero-order valence-corrected chi connectivity index (χ0v) is 10.7. The van der Waals surface area contributed by atoms with Gasteiger partial charge in [-0.25, -0.2) is 0 Å². The standard InChI is InChI=1S/C15H21N3/c16-9-12-5-3-4-11-8-14(18-15(11)12)10-17-13-6-1-2-7-13/h3-5,8,13,17-18H,1-2,6-7,9-10,16H2. The fourth-order valence-electron chi connectivity index (χ4n) is 2.93. The Labute approximate surface area is 108 Å². The van der Waals surface area contributed by atoms with Crippen LogP contribution in [0.3, 0.4) is 0 Å². The van der Waals surface area contributed by atoms with E-state index in [4.69, 9.17) is 5.73 Å². The van der Waals surface area contributed by atoms with Crippen molar-refractivity contribution in [1.29, 1.82) is 0 Å². The molecule has 4 N–H and O–H groups in total. The number of aromatic nitrogens is 1. The van der Waals surface area contributed by atoms with E-state index in [1.165, 1.54) is 47.8 Å². The second-order valence-corrected chi connectivity index (χ2v) is 5.24. The number of H-pyrrole nitrogens is 1. The van der Waals surface area contributed by atoms with Gasteiger partial charge in [0.25, 0.3) is 0 Å². The van der Waals surface area contributed by atoms with Crippen molar-refractivity contribution < 1.29 is 0 Å². The quantitative estimate of drug-likeness (QED) is 0.773. The SMILES string of the molecule is NCc1cccc2cc(CNC3CCCC3)[nH]c12. The van der Waals surface area contributed by atoms with Gasteiger partial charge in [0.05, 0.1) is 5.52 Å². The number of benzene rings is 1. The predicted molar refractivity (Wildman–Crippen MR) is 75.3 cm³/mol. The first-order valence-corrected chi connectivity index (χ1v) is 6.90. The molecule has 3 nitrogen and oxygen atoms in total. The minimum atomic E-state index is 0.591. The largest absolute Gasteiger partial charge is 0.357 e. The van der Waals surface area contributed by atoms with Crippen molar-refractivity contribution in [3.8, 4) is 0 Å². The molecule has 1 heterocycles. The van der Waals surface area contributed by atoms with Gasteiger partial charge in [-0.05, 0) is 24.5 Å². The van der Waals surface area contributed by atoms with Crippen LogP contribution in [0.1, 0.15) is 36.9 Å². The molecule has 0 unspecified atom stereocenters. The van der Waals surface area contributed by atoms with Gasteiger partial charge in [-0.15, -0.1) is 0 Å². The minimum absolute atomic E-state index is 0.591. The molecule has 2 aromatic rings. The third kappa shape index (κ3) is 2.28. The highest BCUT2D eigenvalue weighted by Gasteiger charge is 2.14. The third-order valence-corrected chi connectivity index (χ3v) is 3.95. The Morgan fingerprint density at radius 2 is 2.11 bits per heavy atom. The second-order valence-electron chi connectivity index (χ2n) is 5.24. The highest BCUT2D eigenvalue weighted by Crippen LogP contribution is 2.21. The van der Waals surface area contributed by atoms with Crippen molar-refractivity contribution in [2.75, 3.05) is 0 Å². The van der Waals surface area contributed by atoms with E-state index in [2.05, 4.69) is 34.6 Å². The van der Waals surface area contributed by atoms with E-state index in [-0.39, 0.29) is 0 Å². The van der Waals surface area contributed by atoms with E-state index in [0.717, 1.165) is 6.54 Å². The summed E-state index contributed by atoms with van der Waals surface area (Å²) in [5.41, 5.74) is 9.42. The first kappa shape index (κ1) is 11.8. The molecule has 0 saturated heterocycles. The lowest BCUT2D eigenvalue weighted by Gasteiger charge is -2.10. The van der Waals surface area contributed by atoms with Crippen LogP contribution in [0.5, 0.6) is 0 Å². The predicted octanol–water partition coefficient (Wildman–Crippen LogP) is 2.66. The topological polar surface area (TPSA) is 53.8 Å². The van der Waals surface area contributed by atoms with Crippen LogP contribution in [-0.2, 0) is 13.1 Å². The van der Waals surface area contributed by atoms with Crippen LogP contribution >= 0.6 is 0 Å². The molecule has 1 aromatic heterocycles. The zero-order valence-electron chi connectivity index (χ0n) is 10.7. The van der Waals surface area contributed by atoms with E-state index >= 15 is 0 Å². The number of hydrogen-bond acceptors (Lipinski definition) is 2. The summed E-state index contributed by atoms with van der Waals surface area (Å²) in [4.78, 5) is 3.50. The maximum Gasteiger partial charge on any atom is 0.0501 e. The highest BCUT2D eigenvalue weighted by molar-refractivity contribution is 5.83. The number of nitrogens with one attached hydrogen (secondary N) is 2. The minimum Gasteiger partial charge on any atom is -0.357 e. The molecule has 0 radical (unpaired) electrons. The average molecular weight is 243 g/mol. The molecular weight excluding hydrogens is 222 g/mol. The molecule has 18 heavy (non-hydrogen) atoms. The molecule has 1 aromatic carbocycles. The van der Waals surface area contributed by atoms with E-state index in [9.17, 15) is 0 Å². The lowest BCUT2D eigenvalue weighted by Crippen LogP contribution is -2.25. The maximum absolute atomic E-state index is 5.76. The smallest absolute Gasteiger partial charge is 0.0501 e. The molecule has 3 heteroatoms. The van der Waals surface area contributed by atoms with Crippen molar-refractivity contribution in [2.45, 2.75) is 44.8 Å². The average Bonchev–Trinajstić information content (AvgIpc) is 3.04. The van der Waals surface area contributed by atoms with Crippen LogP contribution in [0.15, 0.2) is 24.3 Å². The number of rotatable bonds is 4. The second kappa shape index (κ2) is 5.12. The van der Waals surface area contributed by atoms with Gasteiger partial charge in [0.15, 0.2) is 0 Å². The molecule has 0 bridgehead atoms. The number of para-hydroxylation sites is 1. The summed E-state index contributed by atoms with van der Waals surface area (Å²) < 4.78 is 0. The lowest BCUT2D eigenvalue weighted by atomic mass is 10.1. The molecule has 1 fully saturated rings. The molecule has 3 rings (SSSR count). The van der Waals surface area contributed by atoms with Gasteiger partial charge >= 0.3 is 0 Å². The monoisotopic (exact) mass is 243 g/mol. The van der Waals surface area contributed by atoms with Crippen molar-refractivity contribution in [2.24, 2.45) is 5.73 Å². The van der Waals surface area contributed by atoms with E-state index in [0.29, 0.717) is 12.6 Å². The van der Waals surface area contributed by atoms with Crippen LogP contribution in [0.4, 0.5) is 0 Å². The summed E-state index contributed by atoms with van der Waals surface area (Å²) >= 11 is 0. The zero-order chi connectivity index (χ0) is 12.4. The van der Waals surface area contributed by atoms with Gasteiger partial charge in [-0.3, -0.25) is 0 Å². The molecular formula is C15H21N3. The lowest BCUT2D eigenvalue weighted by molar-refractivity contribution is 0.520.